The highest BCUT2D eigenvalue weighted by Crippen LogP contribution is 2.35. The van der Waals surface area contributed by atoms with Crippen LogP contribution in [0.2, 0.25) is 5.02 Å². The van der Waals surface area contributed by atoms with E-state index < -0.39 is 6.09 Å². The summed E-state index contributed by atoms with van der Waals surface area (Å²) in [5.74, 6) is 0. The lowest BCUT2D eigenvalue weighted by Crippen LogP contribution is -2.30. The van der Waals surface area contributed by atoms with E-state index in [1.165, 1.54) is 16.0 Å². The van der Waals surface area contributed by atoms with Gasteiger partial charge in [0.15, 0.2) is 0 Å². The molecule has 0 saturated heterocycles. The molecular formula is C23H21ClN2O2. The first kappa shape index (κ1) is 18.4. The van der Waals surface area contributed by atoms with Crippen molar-refractivity contribution in [3.05, 3.63) is 88.9 Å². The maximum Gasteiger partial charge on any atom is 0.416 e. The van der Waals surface area contributed by atoms with E-state index in [2.05, 4.69) is 17.0 Å². The molecule has 0 aliphatic carbocycles. The quantitative estimate of drug-likeness (QED) is 0.582. The Morgan fingerprint density at radius 2 is 1.71 bits per heavy atom. The van der Waals surface area contributed by atoms with Crippen molar-refractivity contribution in [2.45, 2.75) is 19.4 Å². The molecule has 4 nitrogen and oxygen atoms in total. The second kappa shape index (κ2) is 7.95. The largest absolute Gasteiger partial charge is 0.464 e. The first-order valence-electron chi connectivity index (χ1n) is 9.32. The zero-order valence-corrected chi connectivity index (χ0v) is 16.1. The van der Waals surface area contributed by atoms with E-state index in [9.17, 15) is 9.90 Å². The lowest BCUT2D eigenvalue weighted by Gasteiger charge is -2.33. The zero-order chi connectivity index (χ0) is 19.5. The van der Waals surface area contributed by atoms with Gasteiger partial charge < -0.3 is 10.0 Å². The lowest BCUT2D eigenvalue weighted by atomic mass is 10.00. The highest BCUT2D eigenvalue weighted by molar-refractivity contribution is 6.30. The first-order chi connectivity index (χ1) is 13.6. The SMILES string of the molecule is O=C(O)N(c1ccc(Cl)cc1)c1ccc2c(c1)N(Cc1ccccc1)CCC2. The molecule has 1 heterocycles. The van der Waals surface area contributed by atoms with Gasteiger partial charge in [-0.15, -0.1) is 0 Å². The minimum Gasteiger partial charge on any atom is -0.464 e. The molecule has 0 saturated carbocycles. The van der Waals surface area contributed by atoms with Gasteiger partial charge in [0.1, 0.15) is 0 Å². The Morgan fingerprint density at radius 3 is 2.43 bits per heavy atom. The summed E-state index contributed by atoms with van der Waals surface area (Å²) in [6.45, 7) is 1.77. The fourth-order valence-corrected chi connectivity index (χ4v) is 3.83. The smallest absolute Gasteiger partial charge is 0.416 e. The van der Waals surface area contributed by atoms with Gasteiger partial charge in [0, 0.05) is 23.8 Å². The standard InChI is InChI=1S/C23H21ClN2O2/c24-19-9-12-20(13-10-19)26(23(27)28)21-11-8-18-7-4-14-25(22(18)15-21)16-17-5-2-1-3-6-17/h1-3,5-6,8-13,15H,4,7,14,16H2,(H,27,28). The number of halogens is 1. The Hall–Kier alpha value is -2.98. The van der Waals surface area contributed by atoms with Crippen LogP contribution in [0.4, 0.5) is 21.9 Å². The first-order valence-corrected chi connectivity index (χ1v) is 9.70. The number of hydrogen-bond acceptors (Lipinski definition) is 2. The number of hydrogen-bond donors (Lipinski definition) is 1. The predicted molar refractivity (Wildman–Crippen MR) is 114 cm³/mol. The van der Waals surface area contributed by atoms with Gasteiger partial charge in [-0.25, -0.2) is 9.69 Å². The molecule has 0 bridgehead atoms. The number of carbonyl (C=O) groups is 1. The molecule has 1 amide bonds. The van der Waals surface area contributed by atoms with Crippen molar-refractivity contribution >= 4 is 34.8 Å². The Bertz CT molecular complexity index is 974. The van der Waals surface area contributed by atoms with Crippen LogP contribution in [0.3, 0.4) is 0 Å². The summed E-state index contributed by atoms with van der Waals surface area (Å²) in [5.41, 5.74) is 4.81. The van der Waals surface area contributed by atoms with Crippen LogP contribution in [0.25, 0.3) is 0 Å². The fraction of sp³-hybridized carbons (Fsp3) is 0.174. The molecule has 142 valence electrons. The van der Waals surface area contributed by atoms with E-state index in [0.29, 0.717) is 16.4 Å². The minimum absolute atomic E-state index is 0.572. The lowest BCUT2D eigenvalue weighted by molar-refractivity contribution is 0.205. The van der Waals surface area contributed by atoms with Crippen molar-refractivity contribution in [2.75, 3.05) is 16.3 Å². The molecule has 1 aliphatic heterocycles. The number of aryl methyl sites for hydroxylation is 1. The molecule has 0 atom stereocenters. The van der Waals surface area contributed by atoms with Crippen LogP contribution in [-0.2, 0) is 13.0 Å². The average molecular weight is 393 g/mol. The second-order valence-corrected chi connectivity index (χ2v) is 7.35. The average Bonchev–Trinajstić information content (AvgIpc) is 2.71. The zero-order valence-electron chi connectivity index (χ0n) is 15.4. The third kappa shape index (κ3) is 3.82. The molecule has 1 N–H and O–H groups in total. The summed E-state index contributed by atoms with van der Waals surface area (Å²) in [6.07, 6.45) is 1.08. The summed E-state index contributed by atoms with van der Waals surface area (Å²) in [5, 5.41) is 10.4. The van der Waals surface area contributed by atoms with E-state index in [1.54, 1.807) is 24.3 Å². The van der Waals surface area contributed by atoms with Crippen LogP contribution in [0, 0.1) is 0 Å². The second-order valence-electron chi connectivity index (χ2n) is 6.92. The highest BCUT2D eigenvalue weighted by atomic mass is 35.5. The minimum atomic E-state index is -1.02. The molecule has 1 aliphatic rings. The molecule has 0 fully saturated rings. The van der Waals surface area contributed by atoms with Gasteiger partial charge in [0.25, 0.3) is 0 Å². The van der Waals surface area contributed by atoms with Crippen LogP contribution >= 0.6 is 11.6 Å². The molecule has 0 aromatic heterocycles. The van der Waals surface area contributed by atoms with Gasteiger partial charge in [-0.1, -0.05) is 48.0 Å². The number of rotatable bonds is 4. The van der Waals surface area contributed by atoms with Gasteiger partial charge in [-0.3, -0.25) is 0 Å². The van der Waals surface area contributed by atoms with Gasteiger partial charge in [-0.05, 0) is 60.4 Å². The van der Waals surface area contributed by atoms with Crippen molar-refractivity contribution in [3.63, 3.8) is 0 Å². The molecule has 0 unspecified atom stereocenters. The number of anilines is 3. The van der Waals surface area contributed by atoms with E-state index in [1.807, 2.05) is 36.4 Å². The highest BCUT2D eigenvalue weighted by Gasteiger charge is 2.22. The van der Waals surface area contributed by atoms with Crippen molar-refractivity contribution in [2.24, 2.45) is 0 Å². The van der Waals surface area contributed by atoms with Crippen LogP contribution in [0.15, 0.2) is 72.8 Å². The Balaban J connectivity index is 1.70. The van der Waals surface area contributed by atoms with Crippen LogP contribution < -0.4 is 9.80 Å². The number of amides is 1. The third-order valence-electron chi connectivity index (χ3n) is 5.03. The molecule has 4 rings (SSSR count). The van der Waals surface area contributed by atoms with Gasteiger partial charge in [-0.2, -0.15) is 0 Å². The van der Waals surface area contributed by atoms with Crippen molar-refractivity contribution in [3.8, 4) is 0 Å². The van der Waals surface area contributed by atoms with E-state index in [4.69, 9.17) is 11.6 Å². The number of carboxylic acid groups (broad SMARTS) is 1. The summed E-state index contributed by atoms with van der Waals surface area (Å²) >= 11 is 5.96. The van der Waals surface area contributed by atoms with Crippen LogP contribution in [0.1, 0.15) is 17.5 Å². The maximum atomic E-state index is 12.0. The summed E-state index contributed by atoms with van der Waals surface area (Å²) in [6, 6.07) is 23.1. The maximum absolute atomic E-state index is 12.0. The van der Waals surface area contributed by atoms with Crippen molar-refractivity contribution in [1.82, 2.24) is 0 Å². The Morgan fingerprint density at radius 1 is 1.00 bits per heavy atom. The molecule has 5 heteroatoms. The van der Waals surface area contributed by atoms with Crippen molar-refractivity contribution < 1.29 is 9.90 Å². The summed E-state index contributed by atoms with van der Waals surface area (Å²) in [7, 11) is 0. The van der Waals surface area contributed by atoms with Gasteiger partial charge >= 0.3 is 6.09 Å². The topological polar surface area (TPSA) is 43.8 Å². The number of fused-ring (bicyclic) bond motifs is 1. The molecule has 3 aromatic carbocycles. The van der Waals surface area contributed by atoms with Crippen molar-refractivity contribution in [1.29, 1.82) is 0 Å². The number of benzene rings is 3. The normalized spacial score (nSPS) is 13.1. The summed E-state index contributed by atoms with van der Waals surface area (Å²) in [4.78, 5) is 15.6. The summed E-state index contributed by atoms with van der Waals surface area (Å²) < 4.78 is 0. The third-order valence-corrected chi connectivity index (χ3v) is 5.29. The molecule has 3 aromatic rings. The van der Waals surface area contributed by atoms with E-state index in [0.717, 1.165) is 31.6 Å². The predicted octanol–water partition coefficient (Wildman–Crippen LogP) is 6.11. The Labute approximate surface area is 169 Å². The molecule has 0 spiro atoms. The monoisotopic (exact) mass is 392 g/mol. The van der Waals surface area contributed by atoms with Crippen LogP contribution in [0.5, 0.6) is 0 Å². The van der Waals surface area contributed by atoms with Gasteiger partial charge in [0.2, 0.25) is 0 Å². The van der Waals surface area contributed by atoms with Gasteiger partial charge in [0.05, 0.1) is 11.4 Å². The van der Waals surface area contributed by atoms with E-state index >= 15 is 0 Å². The molecule has 0 radical (unpaired) electrons. The molecule has 28 heavy (non-hydrogen) atoms. The Kier molecular flexibility index (Phi) is 5.22. The van der Waals surface area contributed by atoms with Crippen LogP contribution in [-0.4, -0.2) is 17.7 Å². The van der Waals surface area contributed by atoms with E-state index in [-0.39, 0.29) is 0 Å². The molecular weight excluding hydrogens is 372 g/mol. The fourth-order valence-electron chi connectivity index (χ4n) is 3.71. The number of nitrogens with zero attached hydrogens (tertiary/aromatic N) is 2.